The molecule has 1 rings (SSSR count). The molecule has 0 aliphatic heterocycles. The van der Waals surface area contributed by atoms with Gasteiger partial charge in [-0.25, -0.2) is 9.97 Å². The van der Waals surface area contributed by atoms with Crippen molar-refractivity contribution in [3.8, 4) is 0 Å². The Balaban J connectivity index is 2.93. The zero-order valence-electron chi connectivity index (χ0n) is 7.15. The quantitative estimate of drug-likeness (QED) is 0.670. The van der Waals surface area contributed by atoms with Crippen LogP contribution in [0.4, 0.5) is 0 Å². The lowest BCUT2D eigenvalue weighted by atomic mass is 10.2. The van der Waals surface area contributed by atoms with Crippen LogP contribution in [0.1, 0.15) is 34.3 Å². The Morgan fingerprint density at radius 2 is 1.85 bits per heavy atom. The van der Waals surface area contributed by atoms with Crippen LogP contribution in [0.25, 0.3) is 0 Å². The van der Waals surface area contributed by atoms with Crippen molar-refractivity contribution in [1.82, 2.24) is 9.97 Å². The molecule has 13 heavy (non-hydrogen) atoms. The van der Waals surface area contributed by atoms with Gasteiger partial charge in [-0.05, 0) is 0 Å². The Morgan fingerprint density at radius 1 is 1.31 bits per heavy atom. The molecule has 0 aromatic carbocycles. The molecule has 0 aliphatic rings. The number of carbonyl (C=O) groups excluding carboxylic acids is 2. The summed E-state index contributed by atoms with van der Waals surface area (Å²) in [5, 5.41) is 0. The van der Waals surface area contributed by atoms with Crippen molar-refractivity contribution in [2.75, 3.05) is 0 Å². The first-order valence-electron chi connectivity index (χ1n) is 3.80. The number of hydrogen-bond donors (Lipinski definition) is 1. The summed E-state index contributed by atoms with van der Waals surface area (Å²) in [6.45, 7) is 1.73. The summed E-state index contributed by atoms with van der Waals surface area (Å²) in [7, 11) is 0. The van der Waals surface area contributed by atoms with Crippen LogP contribution in [0.5, 0.6) is 0 Å². The van der Waals surface area contributed by atoms with E-state index >= 15 is 0 Å². The van der Waals surface area contributed by atoms with Gasteiger partial charge in [0.05, 0.1) is 12.4 Å². The second-order valence-electron chi connectivity index (χ2n) is 2.43. The average molecular weight is 179 g/mol. The van der Waals surface area contributed by atoms with Crippen molar-refractivity contribution in [3.63, 3.8) is 0 Å². The minimum Gasteiger partial charge on any atom is -0.364 e. The molecule has 0 saturated carbocycles. The second kappa shape index (κ2) is 3.75. The molecule has 5 nitrogen and oxygen atoms in total. The third-order valence-electron chi connectivity index (χ3n) is 1.51. The van der Waals surface area contributed by atoms with Gasteiger partial charge in [0.2, 0.25) is 0 Å². The Labute approximate surface area is 75.0 Å². The van der Waals surface area contributed by atoms with E-state index < -0.39 is 5.91 Å². The lowest BCUT2D eigenvalue weighted by molar-refractivity contribution is 0.0973. The predicted molar refractivity (Wildman–Crippen MR) is 45.2 cm³/mol. The highest BCUT2D eigenvalue weighted by atomic mass is 16.1. The fourth-order valence-electron chi connectivity index (χ4n) is 0.780. The summed E-state index contributed by atoms with van der Waals surface area (Å²) in [5.41, 5.74) is 5.27. The Hall–Kier alpha value is -1.78. The molecule has 0 bridgehead atoms. The molecule has 0 spiro atoms. The first-order chi connectivity index (χ1) is 6.15. The number of Topliss-reactive ketones (excluding diaryl/α,β-unsaturated/α-hetero) is 1. The number of carbonyl (C=O) groups is 2. The monoisotopic (exact) mass is 179 g/mol. The van der Waals surface area contributed by atoms with Gasteiger partial charge in [-0.15, -0.1) is 0 Å². The minimum atomic E-state index is -0.650. The fraction of sp³-hybridized carbons (Fsp3) is 0.250. The molecule has 1 amide bonds. The van der Waals surface area contributed by atoms with Crippen molar-refractivity contribution >= 4 is 11.7 Å². The molecule has 0 atom stereocenters. The lowest BCUT2D eigenvalue weighted by Gasteiger charge is -1.96. The molecule has 68 valence electrons. The molecule has 2 N–H and O–H groups in total. The summed E-state index contributed by atoms with van der Waals surface area (Å²) in [6.07, 6.45) is 2.82. The van der Waals surface area contributed by atoms with Crippen LogP contribution >= 0.6 is 0 Å². The highest BCUT2D eigenvalue weighted by Crippen LogP contribution is 1.98. The molecule has 5 heteroatoms. The number of amides is 1. The standard InChI is InChI=1S/C8H9N3O2/c1-2-7(12)5-3-11-6(4-10-5)8(9)13/h3-4H,2H2,1H3,(H2,9,13). The minimum absolute atomic E-state index is 0.0626. The van der Waals surface area contributed by atoms with Crippen LogP contribution in [0.2, 0.25) is 0 Å². The van der Waals surface area contributed by atoms with Crippen molar-refractivity contribution in [3.05, 3.63) is 23.8 Å². The first-order valence-corrected chi connectivity index (χ1v) is 3.80. The van der Waals surface area contributed by atoms with Gasteiger partial charge in [-0.3, -0.25) is 9.59 Å². The van der Waals surface area contributed by atoms with Gasteiger partial charge in [-0.1, -0.05) is 6.92 Å². The second-order valence-corrected chi connectivity index (χ2v) is 2.43. The van der Waals surface area contributed by atoms with E-state index in [1.807, 2.05) is 0 Å². The van der Waals surface area contributed by atoms with Crippen LogP contribution in [0.15, 0.2) is 12.4 Å². The Bertz CT molecular complexity index is 332. The molecule has 1 aromatic rings. The highest BCUT2D eigenvalue weighted by Gasteiger charge is 2.07. The molecule has 1 heterocycles. The van der Waals surface area contributed by atoms with Crippen LogP contribution in [-0.4, -0.2) is 21.7 Å². The van der Waals surface area contributed by atoms with E-state index in [4.69, 9.17) is 5.73 Å². The summed E-state index contributed by atoms with van der Waals surface area (Å²) in [5.74, 6) is -0.758. The summed E-state index contributed by atoms with van der Waals surface area (Å²) < 4.78 is 0. The average Bonchev–Trinajstić information content (AvgIpc) is 2.17. The van der Waals surface area contributed by atoms with E-state index in [9.17, 15) is 9.59 Å². The van der Waals surface area contributed by atoms with Gasteiger partial charge in [0, 0.05) is 6.42 Å². The van der Waals surface area contributed by atoms with Crippen molar-refractivity contribution in [2.24, 2.45) is 5.73 Å². The predicted octanol–water partition coefficient (Wildman–Crippen LogP) is 0.168. The molecule has 1 aromatic heterocycles. The number of primary amides is 1. The van der Waals surface area contributed by atoms with Gasteiger partial charge in [-0.2, -0.15) is 0 Å². The molecular weight excluding hydrogens is 170 g/mol. The van der Waals surface area contributed by atoms with E-state index in [0.29, 0.717) is 6.42 Å². The van der Waals surface area contributed by atoms with Crippen LogP contribution in [-0.2, 0) is 0 Å². The third-order valence-corrected chi connectivity index (χ3v) is 1.51. The molecule has 0 aliphatic carbocycles. The molecule has 0 radical (unpaired) electrons. The van der Waals surface area contributed by atoms with E-state index in [0.717, 1.165) is 0 Å². The van der Waals surface area contributed by atoms with Gasteiger partial charge in [0.25, 0.3) is 5.91 Å². The number of ketones is 1. The summed E-state index contributed by atoms with van der Waals surface area (Å²) >= 11 is 0. The SMILES string of the molecule is CCC(=O)c1cnc(C(N)=O)cn1. The van der Waals surface area contributed by atoms with E-state index in [1.54, 1.807) is 6.92 Å². The molecular formula is C8H9N3O2. The highest BCUT2D eigenvalue weighted by molar-refractivity contribution is 5.94. The van der Waals surface area contributed by atoms with Gasteiger partial charge in [0.15, 0.2) is 5.78 Å². The van der Waals surface area contributed by atoms with Gasteiger partial charge < -0.3 is 5.73 Å². The fourth-order valence-corrected chi connectivity index (χ4v) is 0.780. The van der Waals surface area contributed by atoms with Crippen molar-refractivity contribution < 1.29 is 9.59 Å². The van der Waals surface area contributed by atoms with E-state index in [2.05, 4.69) is 9.97 Å². The van der Waals surface area contributed by atoms with Gasteiger partial charge in [0.1, 0.15) is 11.4 Å². The normalized spacial score (nSPS) is 9.62. The van der Waals surface area contributed by atoms with Crippen LogP contribution in [0.3, 0.4) is 0 Å². The maximum absolute atomic E-state index is 11.1. The zero-order valence-corrected chi connectivity index (χ0v) is 7.15. The Kier molecular flexibility index (Phi) is 2.69. The van der Waals surface area contributed by atoms with Crippen molar-refractivity contribution in [2.45, 2.75) is 13.3 Å². The molecule has 0 unspecified atom stereocenters. The van der Waals surface area contributed by atoms with Crippen LogP contribution in [0, 0.1) is 0 Å². The maximum atomic E-state index is 11.1. The maximum Gasteiger partial charge on any atom is 0.268 e. The number of nitrogens with two attached hydrogens (primary N) is 1. The van der Waals surface area contributed by atoms with E-state index in [1.165, 1.54) is 12.4 Å². The third kappa shape index (κ3) is 2.08. The lowest BCUT2D eigenvalue weighted by Crippen LogP contribution is -2.14. The van der Waals surface area contributed by atoms with Gasteiger partial charge >= 0.3 is 0 Å². The Morgan fingerprint density at radius 3 is 2.23 bits per heavy atom. The summed E-state index contributed by atoms with van der Waals surface area (Å²) in [6, 6.07) is 0. The topological polar surface area (TPSA) is 85.9 Å². The number of rotatable bonds is 3. The number of hydrogen-bond acceptors (Lipinski definition) is 4. The number of aromatic nitrogens is 2. The van der Waals surface area contributed by atoms with Crippen LogP contribution < -0.4 is 5.73 Å². The first kappa shape index (κ1) is 9.31. The largest absolute Gasteiger partial charge is 0.364 e. The molecule has 0 saturated heterocycles. The van der Waals surface area contributed by atoms with Crippen molar-refractivity contribution in [1.29, 1.82) is 0 Å². The zero-order chi connectivity index (χ0) is 9.84. The smallest absolute Gasteiger partial charge is 0.268 e. The number of nitrogens with zero attached hydrogens (tertiary/aromatic N) is 2. The van der Waals surface area contributed by atoms with E-state index in [-0.39, 0.29) is 17.2 Å². The molecule has 0 fully saturated rings. The summed E-state index contributed by atoms with van der Waals surface area (Å²) in [4.78, 5) is 29.1.